The van der Waals surface area contributed by atoms with Gasteiger partial charge in [-0.15, -0.1) is 0 Å². The van der Waals surface area contributed by atoms with E-state index < -0.39 is 8.56 Å². The molecule has 2 unspecified atom stereocenters. The molecule has 2 aliphatic rings. The molecule has 1 spiro atoms. The van der Waals surface area contributed by atoms with Gasteiger partial charge in [-0.25, -0.2) is 0 Å². The van der Waals surface area contributed by atoms with Gasteiger partial charge in [0.1, 0.15) is 0 Å². The summed E-state index contributed by atoms with van der Waals surface area (Å²) in [6.07, 6.45) is 4.61. The zero-order chi connectivity index (χ0) is 8.60. The van der Waals surface area contributed by atoms with Crippen LogP contribution in [0.2, 0.25) is 12.1 Å². The molecule has 0 aromatic rings. The molecular weight excluding hydrogens is 168 g/mol. The molecule has 0 radical (unpaired) electrons. The summed E-state index contributed by atoms with van der Waals surface area (Å²) in [7, 11) is -1.65. The predicted octanol–water partition coefficient (Wildman–Crippen LogP) is 2.44. The minimum absolute atomic E-state index is 0.443. The third kappa shape index (κ3) is 1.58. The average molecular weight is 186 g/mol. The molecule has 2 atom stereocenters. The van der Waals surface area contributed by atoms with E-state index in [1.54, 1.807) is 0 Å². The Morgan fingerprint density at radius 3 is 2.00 bits per heavy atom. The molecule has 2 saturated heterocycles. The monoisotopic (exact) mass is 186 g/mol. The molecule has 0 aromatic carbocycles. The van der Waals surface area contributed by atoms with Crippen LogP contribution in [0.25, 0.3) is 0 Å². The molecule has 2 rings (SSSR count). The van der Waals surface area contributed by atoms with E-state index in [1.807, 2.05) is 0 Å². The quantitative estimate of drug-likeness (QED) is 0.541. The topological polar surface area (TPSA) is 18.5 Å². The minimum atomic E-state index is -1.65. The van der Waals surface area contributed by atoms with Crippen molar-refractivity contribution in [3.8, 4) is 0 Å². The maximum Gasteiger partial charge on any atom is 0.338 e. The Kier molecular flexibility index (Phi) is 2.27. The van der Waals surface area contributed by atoms with Crippen LogP contribution in [0.3, 0.4) is 0 Å². The minimum Gasteiger partial charge on any atom is -0.391 e. The summed E-state index contributed by atoms with van der Waals surface area (Å²) >= 11 is 0. The van der Waals surface area contributed by atoms with Crippen LogP contribution in [0.4, 0.5) is 0 Å². The van der Waals surface area contributed by atoms with E-state index in [0.29, 0.717) is 12.2 Å². The van der Waals surface area contributed by atoms with E-state index >= 15 is 0 Å². The molecule has 0 N–H and O–H groups in total. The van der Waals surface area contributed by atoms with Crippen LogP contribution in [0.1, 0.15) is 33.1 Å². The molecule has 0 bridgehead atoms. The lowest BCUT2D eigenvalue weighted by Gasteiger charge is -2.38. The van der Waals surface area contributed by atoms with Crippen molar-refractivity contribution >= 4 is 8.56 Å². The fraction of sp³-hybridized carbons (Fsp3) is 1.00. The van der Waals surface area contributed by atoms with Crippen molar-refractivity contribution in [2.24, 2.45) is 0 Å². The van der Waals surface area contributed by atoms with Crippen LogP contribution >= 0.6 is 0 Å². The van der Waals surface area contributed by atoms with Gasteiger partial charge in [0.05, 0.1) is 0 Å². The van der Waals surface area contributed by atoms with Gasteiger partial charge in [0, 0.05) is 12.2 Å². The summed E-state index contributed by atoms with van der Waals surface area (Å²) in [6, 6.07) is 2.48. The van der Waals surface area contributed by atoms with Crippen molar-refractivity contribution in [2.75, 3.05) is 0 Å². The summed E-state index contributed by atoms with van der Waals surface area (Å²) < 4.78 is 12.0. The first kappa shape index (κ1) is 8.72. The lowest BCUT2D eigenvalue weighted by molar-refractivity contribution is 0.0165. The highest BCUT2D eigenvalue weighted by Crippen LogP contribution is 2.37. The number of hydrogen-bond acceptors (Lipinski definition) is 2. The van der Waals surface area contributed by atoms with E-state index in [0.717, 1.165) is 6.42 Å². The van der Waals surface area contributed by atoms with E-state index in [4.69, 9.17) is 8.85 Å². The smallest absolute Gasteiger partial charge is 0.338 e. The number of rotatable bonds is 0. The lowest BCUT2D eigenvalue weighted by Crippen LogP contribution is -2.49. The van der Waals surface area contributed by atoms with Crippen LogP contribution in [-0.4, -0.2) is 20.8 Å². The van der Waals surface area contributed by atoms with Gasteiger partial charge in [0.15, 0.2) is 0 Å². The molecule has 2 aliphatic heterocycles. The third-order valence-electron chi connectivity index (χ3n) is 2.86. The highest BCUT2D eigenvalue weighted by molar-refractivity contribution is 6.68. The molecular formula is C9H18O2Si. The maximum absolute atomic E-state index is 6.02. The SMILES string of the molecule is CC1CC(C)O[Si]2(CCCC2)O1. The Morgan fingerprint density at radius 1 is 1.00 bits per heavy atom. The highest BCUT2D eigenvalue weighted by atomic mass is 28.4. The van der Waals surface area contributed by atoms with Crippen molar-refractivity contribution in [2.45, 2.75) is 57.4 Å². The average Bonchev–Trinajstić information content (AvgIpc) is 2.33. The van der Waals surface area contributed by atoms with E-state index in [9.17, 15) is 0 Å². The Balaban J connectivity index is 2.04. The second-order valence-electron chi connectivity index (χ2n) is 4.21. The number of hydrogen-bond donors (Lipinski definition) is 0. The molecule has 12 heavy (non-hydrogen) atoms. The Hall–Kier alpha value is 0.137. The Labute approximate surface area is 75.5 Å². The molecule has 0 aromatic heterocycles. The van der Waals surface area contributed by atoms with Crippen molar-refractivity contribution in [1.82, 2.24) is 0 Å². The zero-order valence-corrected chi connectivity index (χ0v) is 9.01. The first-order valence-electron chi connectivity index (χ1n) is 5.06. The molecule has 2 fully saturated rings. The largest absolute Gasteiger partial charge is 0.391 e. The summed E-state index contributed by atoms with van der Waals surface area (Å²) in [5.41, 5.74) is 0. The standard InChI is InChI=1S/C9H18O2Si/c1-8-7-9(2)11-12(10-8)5-3-4-6-12/h8-9H,3-7H2,1-2H3. The first-order chi connectivity index (χ1) is 5.70. The Morgan fingerprint density at radius 2 is 1.50 bits per heavy atom. The normalized spacial score (nSPS) is 40.5. The molecule has 3 heteroatoms. The maximum atomic E-state index is 6.02. The summed E-state index contributed by atoms with van der Waals surface area (Å²) in [5, 5.41) is 0. The lowest BCUT2D eigenvalue weighted by atomic mass is 10.2. The van der Waals surface area contributed by atoms with Crippen LogP contribution in [0, 0.1) is 0 Å². The van der Waals surface area contributed by atoms with Gasteiger partial charge in [0.25, 0.3) is 0 Å². The van der Waals surface area contributed by atoms with E-state index in [2.05, 4.69) is 13.8 Å². The summed E-state index contributed by atoms with van der Waals surface area (Å²) in [4.78, 5) is 0. The van der Waals surface area contributed by atoms with Gasteiger partial charge in [-0.1, -0.05) is 12.8 Å². The summed E-state index contributed by atoms with van der Waals surface area (Å²) in [6.45, 7) is 4.37. The van der Waals surface area contributed by atoms with Gasteiger partial charge in [-0.2, -0.15) is 0 Å². The van der Waals surface area contributed by atoms with Crippen molar-refractivity contribution in [3.63, 3.8) is 0 Å². The van der Waals surface area contributed by atoms with Gasteiger partial charge in [0.2, 0.25) is 0 Å². The molecule has 2 nitrogen and oxygen atoms in total. The summed E-state index contributed by atoms with van der Waals surface area (Å²) in [5.74, 6) is 0. The van der Waals surface area contributed by atoms with Crippen LogP contribution in [0.15, 0.2) is 0 Å². The van der Waals surface area contributed by atoms with Gasteiger partial charge in [-0.3, -0.25) is 0 Å². The predicted molar refractivity (Wildman–Crippen MR) is 50.3 cm³/mol. The fourth-order valence-corrected chi connectivity index (χ4v) is 6.49. The molecule has 0 saturated carbocycles. The van der Waals surface area contributed by atoms with Crippen LogP contribution < -0.4 is 0 Å². The van der Waals surface area contributed by atoms with Crippen LogP contribution in [-0.2, 0) is 8.85 Å². The first-order valence-corrected chi connectivity index (χ1v) is 7.29. The molecule has 0 aliphatic carbocycles. The van der Waals surface area contributed by atoms with Crippen molar-refractivity contribution in [3.05, 3.63) is 0 Å². The second-order valence-corrected chi connectivity index (χ2v) is 7.50. The second kappa shape index (κ2) is 3.12. The van der Waals surface area contributed by atoms with Crippen LogP contribution in [0.5, 0.6) is 0 Å². The fourth-order valence-electron chi connectivity index (χ4n) is 2.47. The molecule has 70 valence electrons. The van der Waals surface area contributed by atoms with Gasteiger partial charge in [-0.05, 0) is 32.4 Å². The van der Waals surface area contributed by atoms with Gasteiger partial charge >= 0.3 is 8.56 Å². The van der Waals surface area contributed by atoms with E-state index in [1.165, 1.54) is 24.9 Å². The van der Waals surface area contributed by atoms with E-state index in [-0.39, 0.29) is 0 Å². The third-order valence-corrected chi connectivity index (χ3v) is 6.76. The van der Waals surface area contributed by atoms with Crippen molar-refractivity contribution in [1.29, 1.82) is 0 Å². The molecule has 2 heterocycles. The molecule has 0 amide bonds. The Bertz CT molecular complexity index is 154. The van der Waals surface area contributed by atoms with Gasteiger partial charge < -0.3 is 8.85 Å². The van der Waals surface area contributed by atoms with Crippen molar-refractivity contribution < 1.29 is 8.85 Å². The highest BCUT2D eigenvalue weighted by Gasteiger charge is 2.46. The zero-order valence-electron chi connectivity index (χ0n) is 8.01.